The molecule has 0 bridgehead atoms. The predicted octanol–water partition coefficient (Wildman–Crippen LogP) is 16.2. The number of nitrogens with zero attached hydrogens (tertiary/aromatic N) is 3. The van der Waals surface area contributed by atoms with E-state index in [9.17, 15) is 18.3 Å². The van der Waals surface area contributed by atoms with Gasteiger partial charge in [-0.25, -0.2) is 4.98 Å². The van der Waals surface area contributed by atoms with Crippen molar-refractivity contribution in [2.24, 2.45) is 0 Å². The summed E-state index contributed by atoms with van der Waals surface area (Å²) in [6.07, 6.45) is -2.97. The number of halogens is 3. The number of pyridine rings is 1. The molecule has 0 aliphatic carbocycles. The molecule has 8 aromatic carbocycles. The Balaban J connectivity index is 0.00000562. The zero-order chi connectivity index (χ0) is 46.1. The van der Waals surface area contributed by atoms with Crippen molar-refractivity contribution in [3.63, 3.8) is 0 Å². The van der Waals surface area contributed by atoms with Gasteiger partial charge in [-0.3, -0.25) is 9.55 Å². The molecule has 0 amide bonds. The molecule has 0 spiro atoms. The Bertz CT molecular complexity index is 3480. The van der Waals surface area contributed by atoms with E-state index in [1.54, 1.807) is 24.4 Å². The zero-order valence-electron chi connectivity index (χ0n) is 37.9. The molecule has 4 nitrogen and oxygen atoms in total. The average Bonchev–Trinajstić information content (AvgIpc) is 3.69. The molecule has 0 fully saturated rings. The molecule has 0 saturated heterocycles. The van der Waals surface area contributed by atoms with Crippen LogP contribution in [0.3, 0.4) is 0 Å². The van der Waals surface area contributed by atoms with E-state index in [4.69, 9.17) is 9.97 Å². The first kappa shape index (κ1) is 45.3. The molecule has 2 heterocycles. The van der Waals surface area contributed by atoms with Gasteiger partial charge in [-0.1, -0.05) is 156 Å². The Morgan fingerprint density at radius 1 is 0.507 bits per heavy atom. The molecule has 67 heavy (non-hydrogen) atoms. The maximum absolute atomic E-state index is 14.8. The molecule has 0 aliphatic rings. The number of hydrogen-bond acceptors (Lipinski definition) is 3. The summed E-state index contributed by atoms with van der Waals surface area (Å²) in [5.74, 6) is 0.639. The van der Waals surface area contributed by atoms with Crippen molar-refractivity contribution in [3.8, 4) is 67.3 Å². The average molecular weight is 1070 g/mol. The topological polar surface area (TPSA) is 50.9 Å². The quantitative estimate of drug-likeness (QED) is 0.169. The van der Waals surface area contributed by atoms with Gasteiger partial charge in [0.1, 0.15) is 11.6 Å². The van der Waals surface area contributed by atoms with Crippen LogP contribution in [0.2, 0.25) is 0 Å². The Morgan fingerprint density at radius 3 is 1.82 bits per heavy atom. The van der Waals surface area contributed by atoms with E-state index in [2.05, 4.69) is 113 Å². The third-order valence-corrected chi connectivity index (χ3v) is 12.6. The van der Waals surface area contributed by atoms with E-state index in [1.807, 2.05) is 72.8 Å². The van der Waals surface area contributed by atoms with Crippen LogP contribution in [0.15, 0.2) is 170 Å². The summed E-state index contributed by atoms with van der Waals surface area (Å²) in [5, 5.41) is 14.3. The van der Waals surface area contributed by atoms with Crippen LogP contribution in [0.4, 0.5) is 13.2 Å². The van der Waals surface area contributed by atoms with E-state index in [0.717, 1.165) is 49.8 Å². The van der Waals surface area contributed by atoms with E-state index < -0.39 is 11.7 Å². The number of benzene rings is 8. The van der Waals surface area contributed by atoms with Crippen LogP contribution in [0, 0.1) is 6.07 Å². The molecule has 2 aromatic heterocycles. The summed E-state index contributed by atoms with van der Waals surface area (Å²) in [4.78, 5) is 10.2. The van der Waals surface area contributed by atoms with Crippen LogP contribution in [-0.2, 0) is 38.1 Å². The van der Waals surface area contributed by atoms with Crippen molar-refractivity contribution in [1.29, 1.82) is 0 Å². The number of rotatable bonds is 6. The summed E-state index contributed by atoms with van der Waals surface area (Å²) in [6.45, 7) is 13.0. The van der Waals surface area contributed by atoms with Crippen molar-refractivity contribution >= 4 is 32.7 Å². The third-order valence-electron chi connectivity index (χ3n) is 12.6. The first-order valence-electron chi connectivity index (χ1n) is 22.1. The standard InChI is InChI=1S/C59H47F3N3O.Pt/c1-57(2,3)41-22-25-44(26-23-41)65-52-32-40(46-21-13-17-37-16-10-11-20-45(37)46)31-48(55(52)64-56(65)51-33-42(58(4,5)6)24-27-53(51)66)38-18-12-19-39(30-38)49-34-43(59(60,61)62)35-50-47(28-29-63-54(49)50)36-14-8-7-9-15-36;/h7-29,31-35,66H,1-6H3;/q-1;. The van der Waals surface area contributed by atoms with Gasteiger partial charge in [-0.05, 0) is 97.4 Å². The summed E-state index contributed by atoms with van der Waals surface area (Å²) < 4.78 is 46.6. The molecular weight excluding hydrogens is 1020 g/mol. The van der Waals surface area contributed by atoms with Crippen LogP contribution in [-0.4, -0.2) is 19.6 Å². The van der Waals surface area contributed by atoms with Crippen molar-refractivity contribution in [3.05, 3.63) is 193 Å². The van der Waals surface area contributed by atoms with Crippen LogP contribution in [0.25, 0.3) is 94.3 Å². The Morgan fingerprint density at radius 2 is 1.12 bits per heavy atom. The number of phenols is 1. The number of fused-ring (bicyclic) bond motifs is 3. The number of phenolic OH excluding ortho intramolecular Hbond substituents is 1. The number of hydrogen-bond donors (Lipinski definition) is 1. The molecular formula is C59H47F3N3OPt-. The number of aromatic nitrogens is 3. The fourth-order valence-corrected chi connectivity index (χ4v) is 9.03. The minimum Gasteiger partial charge on any atom is -0.507 e. The minimum atomic E-state index is -4.62. The fourth-order valence-electron chi connectivity index (χ4n) is 9.03. The van der Waals surface area contributed by atoms with Crippen LogP contribution >= 0.6 is 0 Å². The van der Waals surface area contributed by atoms with Gasteiger partial charge in [-0.2, -0.15) is 13.2 Å². The van der Waals surface area contributed by atoms with Gasteiger partial charge in [0, 0.05) is 49.4 Å². The Hall–Kier alpha value is -6.82. The van der Waals surface area contributed by atoms with Crippen LogP contribution in [0.5, 0.6) is 5.75 Å². The van der Waals surface area contributed by atoms with Crippen LogP contribution in [0.1, 0.15) is 58.2 Å². The van der Waals surface area contributed by atoms with E-state index in [0.29, 0.717) is 50.1 Å². The largest absolute Gasteiger partial charge is 0.507 e. The van der Waals surface area contributed by atoms with Gasteiger partial charge in [0.2, 0.25) is 0 Å². The predicted molar refractivity (Wildman–Crippen MR) is 264 cm³/mol. The Kier molecular flexibility index (Phi) is 11.6. The molecule has 1 N–H and O–H groups in total. The maximum atomic E-state index is 14.8. The summed E-state index contributed by atoms with van der Waals surface area (Å²) >= 11 is 0. The van der Waals surface area contributed by atoms with E-state index >= 15 is 0 Å². The van der Waals surface area contributed by atoms with Crippen molar-refractivity contribution < 1.29 is 39.3 Å². The molecule has 0 saturated carbocycles. The molecule has 0 aliphatic heterocycles. The van der Waals surface area contributed by atoms with Gasteiger partial charge < -0.3 is 5.11 Å². The summed E-state index contributed by atoms with van der Waals surface area (Å²) in [5.41, 5.74) is 9.92. The molecule has 0 radical (unpaired) electrons. The van der Waals surface area contributed by atoms with Crippen molar-refractivity contribution in [2.75, 3.05) is 0 Å². The van der Waals surface area contributed by atoms with Gasteiger partial charge in [0.15, 0.2) is 0 Å². The SMILES string of the molecule is CC(C)(C)c1ccc(-n2c(-c3cc(C(C)(C)C)ccc3O)nc3c(-c4[c-]c(-c5cc(C(F)(F)F)cc6c(-c7ccccc7)ccnc56)ccc4)cc(-c4cccc5ccccc45)cc32)cc1.[Pt]. The number of aromatic hydroxyl groups is 1. The second-order valence-corrected chi connectivity index (χ2v) is 19.1. The molecule has 10 rings (SSSR count). The Labute approximate surface area is 403 Å². The molecule has 0 unspecified atom stereocenters. The second-order valence-electron chi connectivity index (χ2n) is 19.1. The monoisotopic (exact) mass is 1070 g/mol. The third kappa shape index (κ3) is 8.47. The van der Waals surface area contributed by atoms with Crippen molar-refractivity contribution in [2.45, 2.75) is 58.5 Å². The summed E-state index contributed by atoms with van der Waals surface area (Å²) in [7, 11) is 0. The molecule has 0 atom stereocenters. The number of imidazole rings is 1. The fraction of sp³-hybridized carbons (Fsp3) is 0.153. The first-order valence-corrected chi connectivity index (χ1v) is 22.1. The summed E-state index contributed by atoms with van der Waals surface area (Å²) in [6, 6.07) is 55.6. The van der Waals surface area contributed by atoms with Crippen molar-refractivity contribution in [1.82, 2.24) is 14.5 Å². The van der Waals surface area contributed by atoms with Gasteiger partial charge in [0.05, 0.1) is 16.6 Å². The number of alkyl halides is 3. The van der Waals surface area contributed by atoms with Crippen LogP contribution < -0.4 is 0 Å². The van der Waals surface area contributed by atoms with Gasteiger partial charge in [-0.15, -0.1) is 35.4 Å². The molecule has 8 heteroatoms. The normalized spacial score (nSPS) is 12.2. The van der Waals surface area contributed by atoms with Gasteiger partial charge >= 0.3 is 6.18 Å². The van der Waals surface area contributed by atoms with Gasteiger partial charge in [0.25, 0.3) is 0 Å². The maximum Gasteiger partial charge on any atom is 0.415 e. The smallest absolute Gasteiger partial charge is 0.415 e. The van der Waals surface area contributed by atoms with E-state index in [-0.39, 0.29) is 37.6 Å². The van der Waals surface area contributed by atoms with E-state index in [1.165, 1.54) is 17.7 Å². The second kappa shape index (κ2) is 17.1. The molecule has 10 aromatic rings. The zero-order valence-corrected chi connectivity index (χ0v) is 40.2. The first-order chi connectivity index (χ1) is 31.5. The molecule has 336 valence electrons. The minimum absolute atomic E-state index is 0.